The third-order valence-electron chi connectivity index (χ3n) is 4.38. The van der Waals surface area contributed by atoms with Crippen molar-refractivity contribution < 1.29 is 0 Å². The number of rotatable bonds is 10. The second kappa shape index (κ2) is 13.9. The molecule has 0 bridgehead atoms. The van der Waals surface area contributed by atoms with E-state index in [-0.39, 0.29) is 24.0 Å². The molecule has 0 atom stereocenters. The van der Waals surface area contributed by atoms with Crippen LogP contribution in [0.1, 0.15) is 50.9 Å². The minimum atomic E-state index is 0. The van der Waals surface area contributed by atoms with Gasteiger partial charge in [-0.25, -0.2) is 0 Å². The predicted molar refractivity (Wildman–Crippen MR) is 125 cm³/mol. The highest BCUT2D eigenvalue weighted by Gasteiger charge is 2.23. The highest BCUT2D eigenvalue weighted by molar-refractivity contribution is 14.0. The quantitative estimate of drug-likeness (QED) is 0.164. The second-order valence-electron chi connectivity index (χ2n) is 6.19. The highest BCUT2D eigenvalue weighted by atomic mass is 127. The van der Waals surface area contributed by atoms with Crippen LogP contribution in [0.5, 0.6) is 0 Å². The van der Waals surface area contributed by atoms with Crippen LogP contribution in [0, 0.1) is 0 Å². The molecule has 2 N–H and O–H groups in total. The molecule has 1 aliphatic rings. The normalized spacial score (nSPS) is 15.1. The Bertz CT molecular complexity index is 531. The summed E-state index contributed by atoms with van der Waals surface area (Å²) in [5.41, 5.74) is 0. The van der Waals surface area contributed by atoms with Crippen molar-refractivity contribution in [2.45, 2.75) is 56.6 Å². The fourth-order valence-corrected chi connectivity index (χ4v) is 4.07. The van der Waals surface area contributed by atoms with E-state index in [1.54, 1.807) is 11.8 Å². The molecule has 6 nitrogen and oxygen atoms in total. The van der Waals surface area contributed by atoms with Crippen LogP contribution in [-0.2, 0) is 6.42 Å². The summed E-state index contributed by atoms with van der Waals surface area (Å²) in [6.07, 6.45) is 11.3. The first-order chi connectivity index (χ1) is 12.3. The summed E-state index contributed by atoms with van der Waals surface area (Å²) in [5.74, 6) is 3.14. The van der Waals surface area contributed by atoms with Gasteiger partial charge in [0.2, 0.25) is 0 Å². The van der Waals surface area contributed by atoms with E-state index in [0.29, 0.717) is 6.04 Å². The molecule has 26 heavy (non-hydrogen) atoms. The Morgan fingerprint density at radius 2 is 2.00 bits per heavy atom. The molecule has 0 aliphatic heterocycles. The topological polar surface area (TPSA) is 67.1 Å². The lowest BCUT2D eigenvalue weighted by atomic mass is 10.2. The van der Waals surface area contributed by atoms with Crippen LogP contribution in [0.2, 0.25) is 0 Å². The minimum absolute atomic E-state index is 0. The van der Waals surface area contributed by atoms with Gasteiger partial charge in [0.25, 0.3) is 0 Å². The third-order valence-corrected chi connectivity index (χ3v) is 5.63. The lowest BCUT2D eigenvalue weighted by molar-refractivity contribution is 0.461. The molecule has 0 aromatic carbocycles. The smallest absolute Gasteiger partial charge is 0.191 e. The average molecular weight is 513 g/mol. The van der Waals surface area contributed by atoms with Crippen LogP contribution in [0.15, 0.2) is 10.1 Å². The molecule has 1 aromatic heterocycles. The number of guanidine groups is 1. The largest absolute Gasteiger partial charge is 0.357 e. The van der Waals surface area contributed by atoms with Crippen molar-refractivity contribution in [2.24, 2.45) is 4.99 Å². The SMILES string of the molecule is CCNC(=NCCCc1nnc(SC)n1C1CCCC1)NCCSC.I. The van der Waals surface area contributed by atoms with Gasteiger partial charge in [0.15, 0.2) is 11.1 Å². The fourth-order valence-electron chi connectivity index (χ4n) is 3.19. The predicted octanol–water partition coefficient (Wildman–Crippen LogP) is 3.58. The van der Waals surface area contributed by atoms with Crippen molar-refractivity contribution in [1.82, 2.24) is 25.4 Å². The van der Waals surface area contributed by atoms with E-state index in [1.807, 2.05) is 11.8 Å². The van der Waals surface area contributed by atoms with Crippen LogP contribution >= 0.6 is 47.5 Å². The number of nitrogens with one attached hydrogen (secondary N) is 2. The molecular formula is C17H33IN6S2. The first-order valence-corrected chi connectivity index (χ1v) is 11.9. The highest BCUT2D eigenvalue weighted by Crippen LogP contribution is 2.33. The molecule has 1 heterocycles. The van der Waals surface area contributed by atoms with Crippen molar-refractivity contribution in [2.75, 3.05) is 37.9 Å². The van der Waals surface area contributed by atoms with Crippen molar-refractivity contribution in [1.29, 1.82) is 0 Å². The Labute approximate surface area is 183 Å². The molecular weight excluding hydrogens is 479 g/mol. The minimum Gasteiger partial charge on any atom is -0.357 e. The van der Waals surface area contributed by atoms with E-state index in [9.17, 15) is 0 Å². The summed E-state index contributed by atoms with van der Waals surface area (Å²) in [7, 11) is 0. The monoisotopic (exact) mass is 512 g/mol. The molecule has 1 saturated carbocycles. The Hall–Kier alpha value is -0.160. The Morgan fingerprint density at radius 3 is 2.65 bits per heavy atom. The van der Waals surface area contributed by atoms with E-state index >= 15 is 0 Å². The maximum atomic E-state index is 4.68. The van der Waals surface area contributed by atoms with Crippen molar-refractivity contribution in [3.8, 4) is 0 Å². The number of aromatic nitrogens is 3. The lowest BCUT2D eigenvalue weighted by Gasteiger charge is -2.16. The van der Waals surface area contributed by atoms with Crippen LogP contribution < -0.4 is 10.6 Å². The molecule has 2 rings (SSSR count). The van der Waals surface area contributed by atoms with Gasteiger partial charge in [0.05, 0.1) is 0 Å². The molecule has 1 aliphatic carbocycles. The number of aliphatic imine (C=N–C) groups is 1. The molecule has 150 valence electrons. The van der Waals surface area contributed by atoms with E-state index in [0.717, 1.165) is 55.2 Å². The summed E-state index contributed by atoms with van der Waals surface area (Å²) in [4.78, 5) is 4.68. The van der Waals surface area contributed by atoms with E-state index in [2.05, 4.69) is 49.8 Å². The fraction of sp³-hybridized carbons (Fsp3) is 0.824. The van der Waals surface area contributed by atoms with Crippen LogP contribution in [0.4, 0.5) is 0 Å². The van der Waals surface area contributed by atoms with Gasteiger partial charge < -0.3 is 15.2 Å². The Morgan fingerprint density at radius 1 is 1.23 bits per heavy atom. The maximum Gasteiger partial charge on any atom is 0.191 e. The summed E-state index contributed by atoms with van der Waals surface area (Å²) < 4.78 is 2.39. The Kier molecular flexibility index (Phi) is 12.8. The van der Waals surface area contributed by atoms with Gasteiger partial charge in [-0.05, 0) is 38.7 Å². The third kappa shape index (κ3) is 7.46. The van der Waals surface area contributed by atoms with Gasteiger partial charge in [-0.3, -0.25) is 4.99 Å². The number of hydrogen-bond donors (Lipinski definition) is 2. The van der Waals surface area contributed by atoms with Gasteiger partial charge in [0, 0.05) is 37.8 Å². The molecule has 0 saturated heterocycles. The van der Waals surface area contributed by atoms with Gasteiger partial charge in [0.1, 0.15) is 5.82 Å². The summed E-state index contributed by atoms with van der Waals surface area (Å²) in [6.45, 7) is 4.73. The van der Waals surface area contributed by atoms with Gasteiger partial charge in [-0.15, -0.1) is 34.2 Å². The first kappa shape index (κ1) is 23.9. The number of halogens is 1. The van der Waals surface area contributed by atoms with Crippen LogP contribution in [0.25, 0.3) is 0 Å². The lowest BCUT2D eigenvalue weighted by Crippen LogP contribution is -2.38. The van der Waals surface area contributed by atoms with E-state index < -0.39 is 0 Å². The number of nitrogens with zero attached hydrogens (tertiary/aromatic N) is 4. The molecule has 9 heteroatoms. The van der Waals surface area contributed by atoms with Gasteiger partial charge >= 0.3 is 0 Å². The molecule has 1 fully saturated rings. The van der Waals surface area contributed by atoms with Crippen molar-refractivity contribution in [3.05, 3.63) is 5.82 Å². The van der Waals surface area contributed by atoms with E-state index in [4.69, 9.17) is 0 Å². The molecule has 0 spiro atoms. The Balaban J connectivity index is 0.00000338. The molecule has 0 amide bonds. The van der Waals surface area contributed by atoms with Crippen molar-refractivity contribution in [3.63, 3.8) is 0 Å². The van der Waals surface area contributed by atoms with Crippen LogP contribution in [0.3, 0.4) is 0 Å². The zero-order chi connectivity index (χ0) is 17.9. The van der Waals surface area contributed by atoms with E-state index in [1.165, 1.54) is 25.7 Å². The van der Waals surface area contributed by atoms with Gasteiger partial charge in [-0.2, -0.15) is 11.8 Å². The average Bonchev–Trinajstić information content (AvgIpc) is 3.27. The molecule has 0 unspecified atom stereocenters. The summed E-state index contributed by atoms with van der Waals surface area (Å²) in [5, 5.41) is 16.6. The summed E-state index contributed by atoms with van der Waals surface area (Å²) in [6, 6.07) is 0.599. The first-order valence-electron chi connectivity index (χ1n) is 9.29. The van der Waals surface area contributed by atoms with Gasteiger partial charge in [-0.1, -0.05) is 24.6 Å². The number of thioether (sulfide) groups is 2. The molecule has 1 aromatic rings. The van der Waals surface area contributed by atoms with Crippen LogP contribution in [-0.4, -0.2) is 58.6 Å². The van der Waals surface area contributed by atoms with Crippen molar-refractivity contribution >= 4 is 53.5 Å². The standard InChI is InChI=1S/C17H32N6S2.HI/c1-4-18-16(20-12-13-24-2)19-11-7-10-15-21-22-17(25-3)23(15)14-8-5-6-9-14;/h14H,4-13H2,1-3H3,(H2,18,19,20);1H. The maximum absolute atomic E-state index is 4.68. The molecule has 0 radical (unpaired) electrons. The zero-order valence-corrected chi connectivity index (χ0v) is 20.1. The second-order valence-corrected chi connectivity index (χ2v) is 7.95. The summed E-state index contributed by atoms with van der Waals surface area (Å²) >= 11 is 3.54. The number of hydrogen-bond acceptors (Lipinski definition) is 5. The zero-order valence-electron chi connectivity index (χ0n) is 16.2. The number of aryl methyl sites for hydroxylation is 1.